The van der Waals surface area contributed by atoms with Crippen LogP contribution in [-0.2, 0) is 16.1 Å². The highest BCUT2D eigenvalue weighted by atomic mass is 16.5. The Kier molecular flexibility index (Phi) is 7.90. The Balaban J connectivity index is 1.87. The second-order valence-corrected chi connectivity index (χ2v) is 9.09. The quantitative estimate of drug-likeness (QED) is 0.239. The van der Waals surface area contributed by atoms with E-state index in [1.165, 1.54) is 19.1 Å². The molecule has 1 amide bonds. The molecule has 3 aromatic rings. The van der Waals surface area contributed by atoms with E-state index in [0.29, 0.717) is 34.1 Å². The number of carbonyl (C=O) groups is 2. The summed E-state index contributed by atoms with van der Waals surface area (Å²) in [6, 6.07) is 18.5. The smallest absolute Gasteiger partial charge is 0.295 e. The number of Topliss-reactive ketones (excluding diaryl/α,β-unsaturated/α-hetero) is 1. The lowest BCUT2D eigenvalue weighted by Gasteiger charge is -2.26. The summed E-state index contributed by atoms with van der Waals surface area (Å²) in [5.41, 5.74) is 1.71. The average molecular weight is 518 g/mol. The Labute approximate surface area is 222 Å². The highest BCUT2D eigenvalue weighted by molar-refractivity contribution is 6.46. The van der Waals surface area contributed by atoms with E-state index in [1.807, 2.05) is 44.2 Å². The van der Waals surface area contributed by atoms with Crippen LogP contribution in [0.25, 0.3) is 5.76 Å². The van der Waals surface area contributed by atoms with Crippen LogP contribution in [-0.4, -0.2) is 49.1 Å². The van der Waals surface area contributed by atoms with Gasteiger partial charge in [-0.15, -0.1) is 0 Å². The number of nitrogens with zero attached hydrogens (tertiary/aromatic N) is 1. The third-order valence-electron chi connectivity index (χ3n) is 6.23. The molecular weight excluding hydrogens is 486 g/mol. The molecule has 1 atom stereocenters. The minimum atomic E-state index is -0.856. The molecule has 38 heavy (non-hydrogen) atoms. The zero-order valence-electron chi connectivity index (χ0n) is 22.1. The standard InChI is InChI=1S/C30H31NO7/c1-18(2)38-23-11-7-9-20(15-23)27-26(28(32)21-12-13-24(36-4)25(16-21)37-5)29(33)30(34)31(27)17-19-8-6-10-22(14-19)35-3/h6-16,18,27,32H,17H2,1-5H3/b28-26+. The van der Waals surface area contributed by atoms with Gasteiger partial charge in [-0.25, -0.2) is 0 Å². The lowest BCUT2D eigenvalue weighted by molar-refractivity contribution is -0.140. The summed E-state index contributed by atoms with van der Waals surface area (Å²) in [6.45, 7) is 3.96. The summed E-state index contributed by atoms with van der Waals surface area (Å²) in [6.07, 6.45) is -0.0693. The van der Waals surface area contributed by atoms with Crippen molar-refractivity contribution < 1.29 is 33.6 Å². The van der Waals surface area contributed by atoms with E-state index in [9.17, 15) is 14.7 Å². The second kappa shape index (κ2) is 11.3. The van der Waals surface area contributed by atoms with E-state index < -0.39 is 17.7 Å². The number of methoxy groups -OCH3 is 3. The Morgan fingerprint density at radius 3 is 2.26 bits per heavy atom. The van der Waals surface area contributed by atoms with Crippen LogP contribution in [0.5, 0.6) is 23.0 Å². The first-order chi connectivity index (χ1) is 18.3. The number of carbonyl (C=O) groups excluding carboxylic acids is 2. The molecule has 0 saturated carbocycles. The largest absolute Gasteiger partial charge is 0.507 e. The number of benzene rings is 3. The van der Waals surface area contributed by atoms with Crippen molar-refractivity contribution in [3.63, 3.8) is 0 Å². The van der Waals surface area contributed by atoms with Crippen LogP contribution < -0.4 is 18.9 Å². The first-order valence-electron chi connectivity index (χ1n) is 12.2. The van der Waals surface area contributed by atoms with Gasteiger partial charge in [0.15, 0.2) is 11.5 Å². The van der Waals surface area contributed by atoms with Crippen molar-refractivity contribution in [1.29, 1.82) is 0 Å². The van der Waals surface area contributed by atoms with Gasteiger partial charge in [0.1, 0.15) is 17.3 Å². The van der Waals surface area contributed by atoms with Crippen molar-refractivity contribution in [2.45, 2.75) is 32.5 Å². The fourth-order valence-corrected chi connectivity index (χ4v) is 4.53. The normalized spacial score (nSPS) is 16.6. The second-order valence-electron chi connectivity index (χ2n) is 9.09. The summed E-state index contributed by atoms with van der Waals surface area (Å²) in [7, 11) is 4.55. The number of hydrogen-bond acceptors (Lipinski definition) is 7. The van der Waals surface area contributed by atoms with Crippen LogP contribution >= 0.6 is 0 Å². The number of aliphatic hydroxyl groups is 1. The van der Waals surface area contributed by atoms with Gasteiger partial charge in [0.05, 0.1) is 39.0 Å². The molecule has 4 rings (SSSR count). The fourth-order valence-electron chi connectivity index (χ4n) is 4.53. The van der Waals surface area contributed by atoms with Crippen molar-refractivity contribution in [2.24, 2.45) is 0 Å². The van der Waals surface area contributed by atoms with Crippen LogP contribution in [0.15, 0.2) is 72.3 Å². The molecule has 3 aromatic carbocycles. The van der Waals surface area contributed by atoms with Crippen molar-refractivity contribution in [3.8, 4) is 23.0 Å². The molecule has 0 bridgehead atoms. The lowest BCUT2D eigenvalue weighted by atomic mass is 9.94. The summed E-state index contributed by atoms with van der Waals surface area (Å²) in [5, 5.41) is 11.4. The average Bonchev–Trinajstić information content (AvgIpc) is 3.17. The third-order valence-corrected chi connectivity index (χ3v) is 6.23. The van der Waals surface area contributed by atoms with Gasteiger partial charge >= 0.3 is 0 Å². The van der Waals surface area contributed by atoms with Crippen LogP contribution in [0.3, 0.4) is 0 Å². The molecule has 1 saturated heterocycles. The first kappa shape index (κ1) is 26.6. The summed E-state index contributed by atoms with van der Waals surface area (Å²) < 4.78 is 21.9. The number of rotatable bonds is 9. The lowest BCUT2D eigenvalue weighted by Crippen LogP contribution is -2.29. The van der Waals surface area contributed by atoms with Gasteiger partial charge in [-0.3, -0.25) is 9.59 Å². The van der Waals surface area contributed by atoms with Crippen molar-refractivity contribution in [2.75, 3.05) is 21.3 Å². The van der Waals surface area contributed by atoms with Gasteiger partial charge in [0.2, 0.25) is 0 Å². The molecule has 198 valence electrons. The maximum atomic E-state index is 13.4. The number of amides is 1. The molecule has 1 unspecified atom stereocenters. The van der Waals surface area contributed by atoms with Crippen molar-refractivity contribution in [1.82, 2.24) is 4.90 Å². The van der Waals surface area contributed by atoms with Crippen molar-refractivity contribution in [3.05, 3.63) is 89.0 Å². The molecule has 0 aromatic heterocycles. The molecule has 1 N–H and O–H groups in total. The number of aliphatic hydroxyl groups excluding tert-OH is 1. The number of likely N-dealkylation sites (tertiary alicyclic amines) is 1. The van der Waals surface area contributed by atoms with Gasteiger partial charge in [0.25, 0.3) is 11.7 Å². The Bertz CT molecular complexity index is 1380. The SMILES string of the molecule is COc1cccc(CN2C(=O)C(=O)/C(=C(/O)c3ccc(OC)c(OC)c3)C2c2cccc(OC(C)C)c2)c1. The molecule has 8 heteroatoms. The Hall–Kier alpha value is -4.46. The van der Waals surface area contributed by atoms with E-state index >= 15 is 0 Å². The molecule has 1 aliphatic rings. The molecule has 1 aliphatic heterocycles. The van der Waals surface area contributed by atoms with Gasteiger partial charge in [-0.1, -0.05) is 24.3 Å². The number of hydrogen-bond donors (Lipinski definition) is 1. The molecule has 1 fully saturated rings. The van der Waals surface area contributed by atoms with E-state index in [0.717, 1.165) is 5.56 Å². The molecule has 0 radical (unpaired) electrons. The van der Waals surface area contributed by atoms with Crippen LogP contribution in [0.4, 0.5) is 0 Å². The molecule has 0 spiro atoms. The minimum absolute atomic E-state index is 0.0215. The summed E-state index contributed by atoms with van der Waals surface area (Å²) >= 11 is 0. The highest BCUT2D eigenvalue weighted by Gasteiger charge is 2.46. The molecule has 1 heterocycles. The van der Waals surface area contributed by atoms with E-state index in [1.54, 1.807) is 43.5 Å². The number of ketones is 1. The molecular formula is C30H31NO7. The van der Waals surface area contributed by atoms with E-state index in [4.69, 9.17) is 18.9 Å². The van der Waals surface area contributed by atoms with E-state index in [2.05, 4.69) is 0 Å². The van der Waals surface area contributed by atoms with Gasteiger partial charge in [-0.05, 0) is 67.4 Å². The molecule has 8 nitrogen and oxygen atoms in total. The predicted octanol–water partition coefficient (Wildman–Crippen LogP) is 5.12. The van der Waals surface area contributed by atoms with Gasteiger partial charge < -0.3 is 29.0 Å². The maximum absolute atomic E-state index is 13.4. The summed E-state index contributed by atoms with van der Waals surface area (Å²) in [4.78, 5) is 28.3. The Morgan fingerprint density at radius 1 is 0.868 bits per heavy atom. The van der Waals surface area contributed by atoms with Crippen LogP contribution in [0, 0.1) is 0 Å². The van der Waals surface area contributed by atoms with Crippen LogP contribution in [0.1, 0.15) is 36.6 Å². The predicted molar refractivity (Wildman–Crippen MR) is 143 cm³/mol. The third kappa shape index (κ3) is 5.29. The van der Waals surface area contributed by atoms with Gasteiger partial charge in [-0.2, -0.15) is 0 Å². The zero-order valence-corrected chi connectivity index (χ0v) is 22.1. The fraction of sp³-hybridized carbons (Fsp3) is 0.267. The highest BCUT2D eigenvalue weighted by Crippen LogP contribution is 2.42. The maximum Gasteiger partial charge on any atom is 0.295 e. The molecule has 0 aliphatic carbocycles. The number of ether oxygens (including phenoxy) is 4. The van der Waals surface area contributed by atoms with Gasteiger partial charge in [0, 0.05) is 12.1 Å². The minimum Gasteiger partial charge on any atom is -0.507 e. The van der Waals surface area contributed by atoms with E-state index in [-0.39, 0.29) is 24.0 Å². The Morgan fingerprint density at radius 2 is 1.58 bits per heavy atom. The zero-order chi connectivity index (χ0) is 27.4. The topological polar surface area (TPSA) is 94.5 Å². The van der Waals surface area contributed by atoms with Crippen LogP contribution in [0.2, 0.25) is 0 Å². The first-order valence-corrected chi connectivity index (χ1v) is 12.2. The summed E-state index contributed by atoms with van der Waals surface area (Å²) in [5.74, 6) is 0.278. The monoisotopic (exact) mass is 517 g/mol. The van der Waals surface area contributed by atoms with Crippen molar-refractivity contribution >= 4 is 17.4 Å².